The van der Waals surface area contributed by atoms with E-state index < -0.39 is 11.7 Å². The molecule has 4 aromatic rings. The van der Waals surface area contributed by atoms with Gasteiger partial charge in [-0.15, -0.1) is 5.10 Å². The van der Waals surface area contributed by atoms with Crippen LogP contribution in [0.25, 0.3) is 5.65 Å². The average Bonchev–Trinajstić information content (AvgIpc) is 3.42. The van der Waals surface area contributed by atoms with Gasteiger partial charge in [-0.05, 0) is 68.5 Å². The molecule has 7 rings (SSSR count). The fraction of sp³-hybridized carbons (Fsp3) is 0.370. The molecule has 39 heavy (non-hydrogen) atoms. The monoisotopic (exact) mass is 534 g/mol. The Morgan fingerprint density at radius 3 is 2.51 bits per heavy atom. The van der Waals surface area contributed by atoms with Crippen LogP contribution in [-0.4, -0.2) is 42.6 Å². The molecule has 2 N–H and O–H groups in total. The Balaban J connectivity index is 0.961. The minimum Gasteiger partial charge on any atom is -0.367 e. The summed E-state index contributed by atoms with van der Waals surface area (Å²) in [5.74, 6) is 1.51. The predicted molar refractivity (Wildman–Crippen MR) is 138 cm³/mol. The summed E-state index contributed by atoms with van der Waals surface area (Å²) in [6.07, 6.45) is 3.41. The zero-order chi connectivity index (χ0) is 26.7. The van der Waals surface area contributed by atoms with Crippen LogP contribution in [0.3, 0.4) is 0 Å². The summed E-state index contributed by atoms with van der Waals surface area (Å²) in [5.41, 5.74) is 2.69. The number of hydrogen-bond donors (Lipinski definition) is 2. The van der Waals surface area contributed by atoms with Gasteiger partial charge in [-0.2, -0.15) is 18.2 Å². The normalized spacial score (nSPS) is 21.0. The molecule has 0 radical (unpaired) electrons. The van der Waals surface area contributed by atoms with Gasteiger partial charge >= 0.3 is 6.18 Å². The third-order valence-corrected chi connectivity index (χ3v) is 7.62. The van der Waals surface area contributed by atoms with E-state index in [2.05, 4.69) is 25.7 Å². The molecule has 0 spiro atoms. The SMILES string of the molecule is O=C1c2ccc(C3CC3)nc2CN1c1ccc(N[C@H]2CC[C@H](Nc3nc4cc(C(F)(F)F)ccn4n3)C2)nc1. The molecule has 12 heteroatoms. The maximum absolute atomic E-state index is 13.0. The summed E-state index contributed by atoms with van der Waals surface area (Å²) in [4.78, 5) is 28.1. The van der Waals surface area contributed by atoms with Crippen molar-refractivity contribution in [3.8, 4) is 0 Å². The molecule has 2 aliphatic carbocycles. The third kappa shape index (κ3) is 4.64. The molecule has 2 saturated carbocycles. The van der Waals surface area contributed by atoms with E-state index >= 15 is 0 Å². The molecular weight excluding hydrogens is 509 g/mol. The zero-order valence-electron chi connectivity index (χ0n) is 20.8. The number of anilines is 3. The van der Waals surface area contributed by atoms with E-state index in [-0.39, 0.29) is 23.6 Å². The van der Waals surface area contributed by atoms with Crippen molar-refractivity contribution in [3.63, 3.8) is 0 Å². The van der Waals surface area contributed by atoms with Crippen LogP contribution in [0.1, 0.15) is 65.3 Å². The van der Waals surface area contributed by atoms with Crippen molar-refractivity contribution >= 4 is 29.0 Å². The number of carbonyl (C=O) groups excluding carboxylic acids is 1. The summed E-state index contributed by atoms with van der Waals surface area (Å²) in [6.45, 7) is 0.452. The van der Waals surface area contributed by atoms with Gasteiger partial charge in [0.15, 0.2) is 5.65 Å². The molecule has 0 bridgehead atoms. The van der Waals surface area contributed by atoms with Gasteiger partial charge in [0.2, 0.25) is 5.95 Å². The highest BCUT2D eigenvalue weighted by Crippen LogP contribution is 2.40. The highest BCUT2D eigenvalue weighted by atomic mass is 19.4. The van der Waals surface area contributed by atoms with Gasteiger partial charge in [-0.25, -0.2) is 9.50 Å². The fourth-order valence-electron chi connectivity index (χ4n) is 5.40. The van der Waals surface area contributed by atoms with E-state index in [1.165, 1.54) is 23.6 Å². The van der Waals surface area contributed by atoms with Crippen LogP contribution in [0.2, 0.25) is 0 Å². The van der Waals surface area contributed by atoms with Crippen molar-refractivity contribution in [2.45, 2.75) is 62.8 Å². The first-order chi connectivity index (χ1) is 18.8. The van der Waals surface area contributed by atoms with Crippen LogP contribution in [0, 0.1) is 0 Å². The smallest absolute Gasteiger partial charge is 0.367 e. The van der Waals surface area contributed by atoms with Crippen molar-refractivity contribution in [3.05, 3.63) is 71.3 Å². The van der Waals surface area contributed by atoms with E-state index in [0.29, 0.717) is 29.8 Å². The first-order valence-electron chi connectivity index (χ1n) is 13.0. The van der Waals surface area contributed by atoms with Gasteiger partial charge in [0, 0.05) is 29.9 Å². The molecular formula is C27H25F3N8O. The van der Waals surface area contributed by atoms with Crippen molar-refractivity contribution in [2.75, 3.05) is 15.5 Å². The van der Waals surface area contributed by atoms with Gasteiger partial charge in [-0.3, -0.25) is 9.78 Å². The van der Waals surface area contributed by atoms with Gasteiger partial charge < -0.3 is 15.5 Å². The number of nitrogens with one attached hydrogen (secondary N) is 2. The minimum atomic E-state index is -4.43. The Hall–Kier alpha value is -4.22. The van der Waals surface area contributed by atoms with E-state index in [1.807, 2.05) is 24.3 Å². The number of amides is 1. The fourth-order valence-corrected chi connectivity index (χ4v) is 5.40. The molecule has 9 nitrogen and oxygen atoms in total. The van der Waals surface area contributed by atoms with Gasteiger partial charge in [0.25, 0.3) is 5.91 Å². The summed E-state index contributed by atoms with van der Waals surface area (Å²) < 4.78 is 40.3. The number of rotatable bonds is 6. The topological polar surface area (TPSA) is 100 Å². The molecule has 4 aromatic heterocycles. The third-order valence-electron chi connectivity index (χ3n) is 7.62. The standard InChI is InChI=1S/C27H25F3N8O/c28-27(29,30)16-9-10-38-24(11-16)35-26(36-38)33-18-4-3-17(12-18)32-23-8-5-19(13-31-23)37-14-22-20(25(37)39)6-7-21(34-22)15-1-2-15/h5-11,13,15,17-18H,1-4,12,14H2,(H,31,32)(H,33,36)/t17-,18-/m0/s1. The number of alkyl halides is 3. The van der Waals surface area contributed by atoms with Crippen LogP contribution in [0.4, 0.5) is 30.6 Å². The number of hydrogen-bond acceptors (Lipinski definition) is 7. The van der Waals surface area contributed by atoms with Crippen molar-refractivity contribution in [1.29, 1.82) is 0 Å². The van der Waals surface area contributed by atoms with Gasteiger partial charge in [-0.1, -0.05) is 0 Å². The van der Waals surface area contributed by atoms with Crippen LogP contribution in [0.15, 0.2) is 48.8 Å². The highest BCUT2D eigenvalue weighted by Gasteiger charge is 2.33. The van der Waals surface area contributed by atoms with Crippen LogP contribution < -0.4 is 15.5 Å². The van der Waals surface area contributed by atoms with Crippen LogP contribution in [-0.2, 0) is 12.7 Å². The molecule has 0 aromatic carbocycles. The van der Waals surface area contributed by atoms with E-state index in [1.54, 1.807) is 11.1 Å². The first-order valence-corrected chi connectivity index (χ1v) is 13.0. The molecule has 200 valence electrons. The lowest BCUT2D eigenvalue weighted by Gasteiger charge is -2.17. The summed E-state index contributed by atoms with van der Waals surface area (Å²) in [7, 11) is 0. The largest absolute Gasteiger partial charge is 0.416 e. The quantitative estimate of drug-likeness (QED) is 0.358. The number of aromatic nitrogens is 5. The average molecular weight is 535 g/mol. The first kappa shape index (κ1) is 23.9. The van der Waals surface area contributed by atoms with E-state index in [9.17, 15) is 18.0 Å². The van der Waals surface area contributed by atoms with Crippen LogP contribution >= 0.6 is 0 Å². The molecule has 5 heterocycles. The molecule has 2 atom stereocenters. The molecule has 0 unspecified atom stereocenters. The zero-order valence-corrected chi connectivity index (χ0v) is 20.8. The van der Waals surface area contributed by atoms with E-state index in [0.717, 1.165) is 48.5 Å². The maximum atomic E-state index is 13.0. The lowest BCUT2D eigenvalue weighted by atomic mass is 10.1. The summed E-state index contributed by atoms with van der Waals surface area (Å²) in [5, 5.41) is 10.9. The van der Waals surface area contributed by atoms with Crippen molar-refractivity contribution in [1.82, 2.24) is 24.6 Å². The summed E-state index contributed by atoms with van der Waals surface area (Å²) >= 11 is 0. The highest BCUT2D eigenvalue weighted by molar-refractivity contribution is 6.09. The number of nitrogens with zero attached hydrogens (tertiary/aromatic N) is 6. The minimum absolute atomic E-state index is 0.0535. The Kier molecular flexibility index (Phi) is 5.46. The second-order valence-corrected chi connectivity index (χ2v) is 10.4. The molecule has 3 aliphatic rings. The molecule has 1 amide bonds. The molecule has 0 saturated heterocycles. The molecule has 1 aliphatic heterocycles. The van der Waals surface area contributed by atoms with E-state index in [4.69, 9.17) is 4.98 Å². The predicted octanol–water partition coefficient (Wildman–Crippen LogP) is 5.02. The lowest BCUT2D eigenvalue weighted by molar-refractivity contribution is -0.137. The van der Waals surface area contributed by atoms with Crippen LogP contribution in [0.5, 0.6) is 0 Å². The Morgan fingerprint density at radius 1 is 0.949 bits per heavy atom. The Bertz CT molecular complexity index is 1560. The second-order valence-electron chi connectivity index (χ2n) is 10.4. The number of fused-ring (bicyclic) bond motifs is 2. The molecule has 2 fully saturated rings. The van der Waals surface area contributed by atoms with Crippen molar-refractivity contribution in [2.24, 2.45) is 0 Å². The number of pyridine rings is 3. The number of halogens is 3. The second kappa shape index (κ2) is 8.92. The van der Waals surface area contributed by atoms with Crippen molar-refractivity contribution < 1.29 is 18.0 Å². The van der Waals surface area contributed by atoms with Gasteiger partial charge in [0.1, 0.15) is 5.82 Å². The number of carbonyl (C=O) groups is 1. The summed E-state index contributed by atoms with van der Waals surface area (Å²) in [6, 6.07) is 9.85. The maximum Gasteiger partial charge on any atom is 0.416 e. The van der Waals surface area contributed by atoms with Gasteiger partial charge in [0.05, 0.1) is 35.2 Å². The Morgan fingerprint density at radius 2 is 1.77 bits per heavy atom. The Labute approximate surface area is 221 Å². The lowest BCUT2D eigenvalue weighted by Crippen LogP contribution is -2.24.